The average molecular weight is 346 g/mol. The van der Waals surface area contributed by atoms with Gasteiger partial charge in [0, 0.05) is 19.3 Å². The smallest absolute Gasteiger partial charge is 0.319 e. The highest BCUT2D eigenvalue weighted by atomic mass is 32.1. The molecule has 1 aliphatic heterocycles. The summed E-state index contributed by atoms with van der Waals surface area (Å²) in [5, 5.41) is 19.8. The summed E-state index contributed by atoms with van der Waals surface area (Å²) in [7, 11) is 0. The van der Waals surface area contributed by atoms with Gasteiger partial charge in [-0.25, -0.2) is 9.78 Å². The van der Waals surface area contributed by atoms with Crippen molar-refractivity contribution in [2.24, 2.45) is 0 Å². The maximum absolute atomic E-state index is 12.2. The van der Waals surface area contributed by atoms with E-state index < -0.39 is 5.60 Å². The van der Waals surface area contributed by atoms with E-state index in [0.29, 0.717) is 5.69 Å². The molecule has 1 aliphatic rings. The van der Waals surface area contributed by atoms with Crippen LogP contribution in [0.15, 0.2) is 35.2 Å². The number of thiophene rings is 1. The number of amides is 2. The van der Waals surface area contributed by atoms with Crippen molar-refractivity contribution in [2.45, 2.75) is 25.4 Å². The molecule has 128 valence electrons. The molecule has 3 N–H and O–H groups in total. The van der Waals surface area contributed by atoms with E-state index in [-0.39, 0.29) is 12.6 Å². The molecule has 2 amide bonds. The highest BCUT2D eigenvalue weighted by molar-refractivity contribution is 7.08. The molecule has 1 unspecified atom stereocenters. The number of nitrogens with zero attached hydrogens (tertiary/aromatic N) is 2. The SMILES string of the molecule is CC(O)(CNC(=O)Nc1cccnc1N1CCCC1)c1ccsc1. The predicted octanol–water partition coefficient (Wildman–Crippen LogP) is 2.77. The summed E-state index contributed by atoms with van der Waals surface area (Å²) in [6.45, 7) is 3.74. The summed E-state index contributed by atoms with van der Waals surface area (Å²) >= 11 is 1.52. The summed E-state index contributed by atoms with van der Waals surface area (Å²) in [6.07, 6.45) is 4.02. The standard InChI is InChI=1S/C17H22N4O2S/c1-17(23,13-6-10-24-11-13)12-19-16(22)20-14-5-4-7-18-15(14)21-8-2-3-9-21/h4-7,10-11,23H,2-3,8-9,12H2,1H3,(H2,19,20,22). The lowest BCUT2D eigenvalue weighted by atomic mass is 9.99. The fourth-order valence-corrected chi connectivity index (χ4v) is 3.55. The molecule has 0 spiro atoms. The van der Waals surface area contributed by atoms with Gasteiger partial charge in [0.25, 0.3) is 0 Å². The van der Waals surface area contributed by atoms with Crippen molar-refractivity contribution in [3.63, 3.8) is 0 Å². The fourth-order valence-electron chi connectivity index (χ4n) is 2.77. The number of aliphatic hydroxyl groups is 1. The lowest BCUT2D eigenvalue weighted by molar-refractivity contribution is 0.0604. The zero-order valence-corrected chi connectivity index (χ0v) is 14.5. The molecule has 1 atom stereocenters. The highest BCUT2D eigenvalue weighted by Gasteiger charge is 2.24. The Labute approximate surface area is 145 Å². The lowest BCUT2D eigenvalue weighted by Gasteiger charge is -2.24. The largest absolute Gasteiger partial charge is 0.384 e. The summed E-state index contributed by atoms with van der Waals surface area (Å²) in [5.74, 6) is 0.801. The minimum absolute atomic E-state index is 0.134. The van der Waals surface area contributed by atoms with Gasteiger partial charge in [0.2, 0.25) is 0 Å². The molecule has 6 nitrogen and oxygen atoms in total. The molecule has 0 aromatic carbocycles. The Hall–Kier alpha value is -2.12. The lowest BCUT2D eigenvalue weighted by Crippen LogP contribution is -2.40. The second-order valence-electron chi connectivity index (χ2n) is 6.16. The number of nitrogens with one attached hydrogen (secondary N) is 2. The zero-order chi connectivity index (χ0) is 17.0. The molecular formula is C17H22N4O2S. The Kier molecular flexibility index (Phi) is 5.01. The Morgan fingerprint density at radius 3 is 2.92 bits per heavy atom. The van der Waals surface area contributed by atoms with E-state index in [0.717, 1.165) is 37.3 Å². The van der Waals surface area contributed by atoms with E-state index in [1.165, 1.54) is 11.3 Å². The third-order valence-corrected chi connectivity index (χ3v) is 4.86. The Balaban J connectivity index is 1.61. The van der Waals surface area contributed by atoms with Crippen molar-refractivity contribution in [1.29, 1.82) is 0 Å². The first-order valence-electron chi connectivity index (χ1n) is 8.06. The van der Waals surface area contributed by atoms with E-state index in [9.17, 15) is 9.90 Å². The molecule has 3 rings (SSSR count). The maximum atomic E-state index is 12.2. The van der Waals surface area contributed by atoms with Crippen LogP contribution in [0.5, 0.6) is 0 Å². The van der Waals surface area contributed by atoms with E-state index >= 15 is 0 Å². The van der Waals surface area contributed by atoms with Crippen LogP contribution in [0.3, 0.4) is 0 Å². The minimum Gasteiger partial charge on any atom is -0.384 e. The number of carbonyl (C=O) groups is 1. The van der Waals surface area contributed by atoms with Crippen LogP contribution < -0.4 is 15.5 Å². The molecule has 1 saturated heterocycles. The van der Waals surface area contributed by atoms with Gasteiger partial charge in [-0.1, -0.05) is 0 Å². The van der Waals surface area contributed by atoms with E-state index in [1.54, 1.807) is 19.2 Å². The van der Waals surface area contributed by atoms with Crippen LogP contribution in [-0.2, 0) is 5.60 Å². The fraction of sp³-hybridized carbons (Fsp3) is 0.412. The Morgan fingerprint density at radius 1 is 1.42 bits per heavy atom. The van der Waals surface area contributed by atoms with Crippen LogP contribution in [0.2, 0.25) is 0 Å². The topological polar surface area (TPSA) is 77.5 Å². The third-order valence-electron chi connectivity index (χ3n) is 4.18. The number of pyridine rings is 1. The number of aromatic nitrogens is 1. The van der Waals surface area contributed by atoms with Gasteiger partial charge in [-0.15, -0.1) is 0 Å². The van der Waals surface area contributed by atoms with Crippen LogP contribution in [0.25, 0.3) is 0 Å². The van der Waals surface area contributed by atoms with Crippen molar-refractivity contribution in [2.75, 3.05) is 29.9 Å². The van der Waals surface area contributed by atoms with E-state index in [4.69, 9.17) is 0 Å². The van der Waals surface area contributed by atoms with Crippen molar-refractivity contribution in [3.8, 4) is 0 Å². The zero-order valence-electron chi connectivity index (χ0n) is 13.7. The number of hydrogen-bond acceptors (Lipinski definition) is 5. The summed E-state index contributed by atoms with van der Waals surface area (Å²) in [5.41, 5.74) is 0.392. The number of hydrogen-bond donors (Lipinski definition) is 3. The Bertz CT molecular complexity index is 682. The van der Waals surface area contributed by atoms with E-state index in [1.807, 2.05) is 22.9 Å². The van der Waals surface area contributed by atoms with Crippen LogP contribution in [0.4, 0.5) is 16.3 Å². The van der Waals surface area contributed by atoms with Crippen LogP contribution >= 0.6 is 11.3 Å². The van der Waals surface area contributed by atoms with Gasteiger partial charge < -0.3 is 20.6 Å². The molecular weight excluding hydrogens is 324 g/mol. The van der Waals surface area contributed by atoms with Crippen LogP contribution in [-0.4, -0.2) is 35.8 Å². The third kappa shape index (κ3) is 3.85. The second kappa shape index (κ2) is 7.19. The number of urea groups is 1. The summed E-state index contributed by atoms with van der Waals surface area (Å²) in [4.78, 5) is 18.8. The quantitative estimate of drug-likeness (QED) is 0.778. The van der Waals surface area contributed by atoms with Gasteiger partial charge in [0.1, 0.15) is 5.60 Å². The minimum atomic E-state index is -1.09. The van der Waals surface area contributed by atoms with Gasteiger partial charge in [-0.3, -0.25) is 0 Å². The van der Waals surface area contributed by atoms with Gasteiger partial charge in [-0.2, -0.15) is 11.3 Å². The van der Waals surface area contributed by atoms with Crippen LogP contribution in [0, 0.1) is 0 Å². The normalized spacial score (nSPS) is 16.7. The molecule has 0 radical (unpaired) electrons. The van der Waals surface area contributed by atoms with Gasteiger partial charge in [0.15, 0.2) is 5.82 Å². The predicted molar refractivity (Wildman–Crippen MR) is 96.6 cm³/mol. The van der Waals surface area contributed by atoms with Gasteiger partial charge >= 0.3 is 6.03 Å². The molecule has 1 fully saturated rings. The molecule has 0 saturated carbocycles. The first-order chi connectivity index (χ1) is 11.6. The monoisotopic (exact) mass is 346 g/mol. The molecule has 2 aromatic rings. The van der Waals surface area contributed by atoms with Crippen LogP contribution in [0.1, 0.15) is 25.3 Å². The molecule has 24 heavy (non-hydrogen) atoms. The van der Waals surface area contributed by atoms with Crippen molar-refractivity contribution >= 4 is 28.9 Å². The number of rotatable bonds is 5. The van der Waals surface area contributed by atoms with E-state index in [2.05, 4.69) is 20.5 Å². The molecule has 0 aliphatic carbocycles. The average Bonchev–Trinajstić information content (AvgIpc) is 3.27. The number of anilines is 2. The number of carbonyl (C=O) groups excluding carboxylic acids is 1. The first kappa shape index (κ1) is 16.7. The molecule has 7 heteroatoms. The highest BCUT2D eigenvalue weighted by Crippen LogP contribution is 2.26. The summed E-state index contributed by atoms with van der Waals surface area (Å²) in [6, 6.07) is 5.16. The van der Waals surface area contributed by atoms with Gasteiger partial charge in [0.05, 0.1) is 12.2 Å². The maximum Gasteiger partial charge on any atom is 0.319 e. The molecule has 3 heterocycles. The molecule has 0 bridgehead atoms. The van der Waals surface area contributed by atoms with Crippen molar-refractivity contribution in [3.05, 3.63) is 40.7 Å². The Morgan fingerprint density at radius 2 is 2.21 bits per heavy atom. The second-order valence-corrected chi connectivity index (χ2v) is 6.94. The van der Waals surface area contributed by atoms with Crippen molar-refractivity contribution in [1.82, 2.24) is 10.3 Å². The van der Waals surface area contributed by atoms with Gasteiger partial charge in [-0.05, 0) is 54.3 Å². The molecule has 2 aromatic heterocycles. The first-order valence-corrected chi connectivity index (χ1v) is 9.00. The van der Waals surface area contributed by atoms with Crippen molar-refractivity contribution < 1.29 is 9.90 Å². The summed E-state index contributed by atoms with van der Waals surface area (Å²) < 4.78 is 0.